The predicted molar refractivity (Wildman–Crippen MR) is 71.0 cm³/mol. The van der Waals surface area contributed by atoms with Crippen LogP contribution in [0, 0.1) is 11.7 Å². The minimum Gasteiger partial charge on any atom is -0.206 e. The second kappa shape index (κ2) is 6.15. The van der Waals surface area contributed by atoms with Crippen molar-refractivity contribution in [1.29, 1.82) is 0 Å². The largest absolute Gasteiger partial charge is 0.419 e. The molecule has 1 aliphatic carbocycles. The first-order valence-corrected chi connectivity index (χ1v) is 7.28. The van der Waals surface area contributed by atoms with E-state index in [-0.39, 0.29) is 5.92 Å². The summed E-state index contributed by atoms with van der Waals surface area (Å²) in [6.07, 6.45) is 1.88. The molecule has 0 bridgehead atoms. The Hall–Kier alpha value is -1.06. The van der Waals surface area contributed by atoms with Crippen LogP contribution in [0.2, 0.25) is 0 Å². The quantitative estimate of drug-likeness (QED) is 0.606. The van der Waals surface area contributed by atoms with E-state index >= 15 is 0 Å². The molecule has 20 heavy (non-hydrogen) atoms. The van der Waals surface area contributed by atoms with Crippen molar-refractivity contribution in [2.75, 3.05) is 0 Å². The standard InChI is InChI=1S/C16H20F4/c1-2-3-11-4-6-12(7-5-11)13-8-9-14(15(17)10-13)16(18,19)20/h8-12H,2-7H2,1H3. The first kappa shape index (κ1) is 15.3. The number of benzene rings is 1. The number of rotatable bonds is 3. The zero-order valence-electron chi connectivity index (χ0n) is 11.6. The lowest BCUT2D eigenvalue weighted by Crippen LogP contribution is -2.14. The number of hydrogen-bond donors (Lipinski definition) is 0. The molecule has 0 atom stereocenters. The van der Waals surface area contributed by atoms with Crippen LogP contribution in [0.1, 0.15) is 62.5 Å². The van der Waals surface area contributed by atoms with E-state index in [1.165, 1.54) is 18.9 Å². The maximum absolute atomic E-state index is 13.6. The molecule has 2 rings (SSSR count). The summed E-state index contributed by atoms with van der Waals surface area (Å²) < 4.78 is 51.1. The van der Waals surface area contributed by atoms with Gasteiger partial charge >= 0.3 is 6.18 Å². The van der Waals surface area contributed by atoms with E-state index in [9.17, 15) is 17.6 Å². The molecule has 0 aliphatic heterocycles. The molecular weight excluding hydrogens is 268 g/mol. The molecule has 1 aromatic carbocycles. The maximum Gasteiger partial charge on any atom is 0.419 e. The van der Waals surface area contributed by atoms with Crippen LogP contribution >= 0.6 is 0 Å². The van der Waals surface area contributed by atoms with Crippen LogP contribution in [0.25, 0.3) is 0 Å². The average molecular weight is 288 g/mol. The van der Waals surface area contributed by atoms with Crippen molar-refractivity contribution >= 4 is 0 Å². The van der Waals surface area contributed by atoms with Gasteiger partial charge in [0.1, 0.15) is 5.82 Å². The summed E-state index contributed by atoms with van der Waals surface area (Å²) in [6.45, 7) is 2.16. The highest BCUT2D eigenvalue weighted by Gasteiger charge is 2.34. The van der Waals surface area contributed by atoms with E-state index in [2.05, 4.69) is 6.92 Å². The Balaban J connectivity index is 2.06. The SMILES string of the molecule is CCCC1CCC(c2ccc(C(F)(F)F)c(F)c2)CC1. The van der Waals surface area contributed by atoms with Crippen LogP contribution < -0.4 is 0 Å². The summed E-state index contributed by atoms with van der Waals surface area (Å²) in [5.41, 5.74) is -0.452. The molecule has 1 aromatic rings. The zero-order valence-corrected chi connectivity index (χ0v) is 11.6. The van der Waals surface area contributed by atoms with E-state index in [0.717, 1.165) is 43.7 Å². The Kier molecular flexibility index (Phi) is 4.71. The van der Waals surface area contributed by atoms with Crippen molar-refractivity contribution in [3.63, 3.8) is 0 Å². The van der Waals surface area contributed by atoms with Crippen molar-refractivity contribution in [3.05, 3.63) is 35.1 Å². The van der Waals surface area contributed by atoms with Crippen LogP contribution in [-0.2, 0) is 6.18 Å². The lowest BCUT2D eigenvalue weighted by Gasteiger charge is -2.28. The van der Waals surface area contributed by atoms with Crippen LogP contribution in [0.5, 0.6) is 0 Å². The van der Waals surface area contributed by atoms with Gasteiger partial charge in [-0.05, 0) is 55.2 Å². The Bertz CT molecular complexity index is 442. The molecule has 0 spiro atoms. The van der Waals surface area contributed by atoms with Crippen LogP contribution in [0.15, 0.2) is 18.2 Å². The van der Waals surface area contributed by atoms with Gasteiger partial charge in [0, 0.05) is 0 Å². The maximum atomic E-state index is 13.6. The third-order valence-corrected chi connectivity index (χ3v) is 4.31. The molecule has 1 aliphatic rings. The molecule has 1 saturated carbocycles. The van der Waals surface area contributed by atoms with Crippen molar-refractivity contribution in [2.45, 2.75) is 57.5 Å². The molecule has 0 aromatic heterocycles. The summed E-state index contributed by atoms with van der Waals surface area (Å²) in [5, 5.41) is 0. The second-order valence-electron chi connectivity index (χ2n) is 5.74. The molecule has 1 fully saturated rings. The molecule has 0 nitrogen and oxygen atoms in total. The van der Waals surface area contributed by atoms with E-state index in [1.807, 2.05) is 0 Å². The third-order valence-electron chi connectivity index (χ3n) is 4.31. The first-order valence-electron chi connectivity index (χ1n) is 7.28. The van der Waals surface area contributed by atoms with E-state index in [4.69, 9.17) is 0 Å². The van der Waals surface area contributed by atoms with Gasteiger partial charge in [0.2, 0.25) is 0 Å². The lowest BCUT2D eigenvalue weighted by molar-refractivity contribution is -0.140. The Labute approximate surface area is 117 Å². The normalized spacial score (nSPS) is 23.9. The minimum atomic E-state index is -4.61. The first-order chi connectivity index (χ1) is 9.41. The fraction of sp³-hybridized carbons (Fsp3) is 0.625. The summed E-state index contributed by atoms with van der Waals surface area (Å²) in [5.74, 6) is -0.207. The summed E-state index contributed by atoms with van der Waals surface area (Å²) in [6, 6.07) is 3.40. The smallest absolute Gasteiger partial charge is 0.206 e. The average Bonchev–Trinajstić information content (AvgIpc) is 2.38. The van der Waals surface area contributed by atoms with Gasteiger partial charge in [-0.1, -0.05) is 25.8 Å². The minimum absolute atomic E-state index is 0.208. The van der Waals surface area contributed by atoms with Crippen molar-refractivity contribution in [1.82, 2.24) is 0 Å². The Morgan fingerprint density at radius 2 is 1.75 bits per heavy atom. The second-order valence-corrected chi connectivity index (χ2v) is 5.74. The molecule has 0 N–H and O–H groups in total. The van der Waals surface area contributed by atoms with Crippen LogP contribution in [-0.4, -0.2) is 0 Å². The van der Waals surface area contributed by atoms with Crippen LogP contribution in [0.4, 0.5) is 17.6 Å². The molecular formula is C16H20F4. The highest BCUT2D eigenvalue weighted by atomic mass is 19.4. The van der Waals surface area contributed by atoms with Crippen molar-refractivity contribution < 1.29 is 17.6 Å². The number of halogens is 4. The molecule has 112 valence electrons. The third kappa shape index (κ3) is 3.53. The lowest BCUT2D eigenvalue weighted by atomic mass is 9.77. The molecule has 0 radical (unpaired) electrons. The van der Waals surface area contributed by atoms with Gasteiger partial charge < -0.3 is 0 Å². The Morgan fingerprint density at radius 3 is 2.25 bits per heavy atom. The van der Waals surface area contributed by atoms with Crippen molar-refractivity contribution in [2.24, 2.45) is 5.92 Å². The van der Waals surface area contributed by atoms with E-state index in [1.54, 1.807) is 0 Å². The monoisotopic (exact) mass is 288 g/mol. The fourth-order valence-electron chi connectivity index (χ4n) is 3.21. The molecule has 0 unspecified atom stereocenters. The molecule has 0 amide bonds. The van der Waals surface area contributed by atoms with Gasteiger partial charge in [0.15, 0.2) is 0 Å². The Morgan fingerprint density at radius 1 is 1.10 bits per heavy atom. The van der Waals surface area contributed by atoms with Gasteiger partial charge in [-0.15, -0.1) is 0 Å². The molecule has 4 heteroatoms. The summed E-state index contributed by atoms with van der Waals surface area (Å²) in [4.78, 5) is 0. The van der Waals surface area contributed by atoms with Gasteiger partial charge in [-0.25, -0.2) is 4.39 Å². The van der Waals surface area contributed by atoms with Crippen molar-refractivity contribution in [3.8, 4) is 0 Å². The number of hydrogen-bond acceptors (Lipinski definition) is 0. The predicted octanol–water partition coefficient (Wildman–Crippen LogP) is 5.92. The summed E-state index contributed by atoms with van der Waals surface area (Å²) in [7, 11) is 0. The highest BCUT2D eigenvalue weighted by Crippen LogP contribution is 2.39. The molecule has 0 saturated heterocycles. The fourth-order valence-corrected chi connectivity index (χ4v) is 3.21. The summed E-state index contributed by atoms with van der Waals surface area (Å²) >= 11 is 0. The zero-order chi connectivity index (χ0) is 14.8. The van der Waals surface area contributed by atoms with Gasteiger partial charge in [0.05, 0.1) is 5.56 Å². The van der Waals surface area contributed by atoms with E-state index in [0.29, 0.717) is 5.56 Å². The van der Waals surface area contributed by atoms with Gasteiger partial charge in [0.25, 0.3) is 0 Å². The van der Waals surface area contributed by atoms with Crippen LogP contribution in [0.3, 0.4) is 0 Å². The topological polar surface area (TPSA) is 0 Å². The van der Waals surface area contributed by atoms with E-state index < -0.39 is 17.6 Å². The highest BCUT2D eigenvalue weighted by molar-refractivity contribution is 5.29. The number of alkyl halides is 3. The molecule has 0 heterocycles. The van der Waals surface area contributed by atoms with Gasteiger partial charge in [-0.3, -0.25) is 0 Å². The van der Waals surface area contributed by atoms with Gasteiger partial charge in [-0.2, -0.15) is 13.2 Å².